The molecule has 0 spiro atoms. The van der Waals surface area contributed by atoms with Crippen molar-refractivity contribution in [2.75, 3.05) is 6.54 Å². The van der Waals surface area contributed by atoms with E-state index in [0.717, 1.165) is 30.6 Å². The van der Waals surface area contributed by atoms with E-state index in [2.05, 4.69) is 15.6 Å². The minimum absolute atomic E-state index is 0. The molecule has 22 heavy (non-hydrogen) atoms. The molecule has 0 bridgehead atoms. The molecule has 1 aliphatic heterocycles. The number of hydrogen-bond acceptors (Lipinski definition) is 4. The van der Waals surface area contributed by atoms with Crippen molar-refractivity contribution < 1.29 is 9.21 Å². The minimum atomic E-state index is 0. The van der Waals surface area contributed by atoms with Crippen LogP contribution in [0.5, 0.6) is 0 Å². The molecule has 1 atom stereocenters. The van der Waals surface area contributed by atoms with Crippen molar-refractivity contribution >= 4 is 18.3 Å². The van der Waals surface area contributed by atoms with Gasteiger partial charge in [0.25, 0.3) is 0 Å². The molecule has 2 heterocycles. The average Bonchev–Trinajstić information content (AvgIpc) is 3.17. The molecule has 1 unspecified atom stereocenters. The van der Waals surface area contributed by atoms with Gasteiger partial charge >= 0.3 is 0 Å². The standard InChI is InChI=1S/C16H19N3O2.ClH/c20-15(9-13-7-4-8-17-13)18-10-14-11-21-16(19-14)12-5-2-1-3-6-12;/h1-3,5-6,11,13,17H,4,7-10H2,(H,18,20);1H. The molecule has 1 saturated heterocycles. The quantitative estimate of drug-likeness (QED) is 0.888. The summed E-state index contributed by atoms with van der Waals surface area (Å²) in [6, 6.07) is 10.0. The first-order chi connectivity index (χ1) is 10.3. The van der Waals surface area contributed by atoms with E-state index in [-0.39, 0.29) is 18.3 Å². The fourth-order valence-corrected chi connectivity index (χ4v) is 2.52. The lowest BCUT2D eigenvalue weighted by Gasteiger charge is -2.09. The van der Waals surface area contributed by atoms with Gasteiger partial charge in [-0.2, -0.15) is 0 Å². The van der Waals surface area contributed by atoms with Crippen molar-refractivity contribution in [3.05, 3.63) is 42.3 Å². The maximum absolute atomic E-state index is 11.8. The van der Waals surface area contributed by atoms with E-state index >= 15 is 0 Å². The van der Waals surface area contributed by atoms with E-state index in [0.29, 0.717) is 24.9 Å². The second-order valence-corrected chi connectivity index (χ2v) is 5.28. The van der Waals surface area contributed by atoms with Gasteiger partial charge in [0.1, 0.15) is 6.26 Å². The van der Waals surface area contributed by atoms with E-state index in [4.69, 9.17) is 4.42 Å². The van der Waals surface area contributed by atoms with Crippen LogP contribution in [0.3, 0.4) is 0 Å². The molecule has 0 radical (unpaired) electrons. The second kappa shape index (κ2) is 7.96. The highest BCUT2D eigenvalue weighted by atomic mass is 35.5. The van der Waals surface area contributed by atoms with Crippen LogP contribution in [0.15, 0.2) is 41.0 Å². The number of aromatic nitrogens is 1. The molecule has 1 aliphatic rings. The van der Waals surface area contributed by atoms with E-state index in [1.807, 2.05) is 30.3 Å². The number of carbonyl (C=O) groups is 1. The van der Waals surface area contributed by atoms with Crippen molar-refractivity contribution in [1.29, 1.82) is 0 Å². The number of benzene rings is 1. The van der Waals surface area contributed by atoms with Crippen LogP contribution in [0.4, 0.5) is 0 Å². The summed E-state index contributed by atoms with van der Waals surface area (Å²) in [6.07, 6.45) is 4.36. The van der Waals surface area contributed by atoms with Crippen LogP contribution in [0, 0.1) is 0 Å². The van der Waals surface area contributed by atoms with Gasteiger partial charge in [0.05, 0.1) is 12.2 Å². The third kappa shape index (κ3) is 4.32. The lowest BCUT2D eigenvalue weighted by molar-refractivity contribution is -0.121. The number of amides is 1. The molecule has 3 rings (SSSR count). The number of hydrogen-bond donors (Lipinski definition) is 2. The van der Waals surface area contributed by atoms with Crippen molar-refractivity contribution in [1.82, 2.24) is 15.6 Å². The molecular weight excluding hydrogens is 302 g/mol. The average molecular weight is 322 g/mol. The fraction of sp³-hybridized carbons (Fsp3) is 0.375. The van der Waals surface area contributed by atoms with Crippen LogP contribution in [-0.2, 0) is 11.3 Å². The third-order valence-electron chi connectivity index (χ3n) is 3.63. The maximum Gasteiger partial charge on any atom is 0.226 e. The molecular formula is C16H20ClN3O2. The molecule has 1 aromatic carbocycles. The fourth-order valence-electron chi connectivity index (χ4n) is 2.52. The monoisotopic (exact) mass is 321 g/mol. The largest absolute Gasteiger partial charge is 0.444 e. The lowest BCUT2D eigenvalue weighted by Crippen LogP contribution is -2.31. The zero-order valence-electron chi connectivity index (χ0n) is 12.2. The van der Waals surface area contributed by atoms with Crippen LogP contribution >= 0.6 is 12.4 Å². The zero-order valence-corrected chi connectivity index (χ0v) is 13.1. The summed E-state index contributed by atoms with van der Waals surface area (Å²) in [5.74, 6) is 0.635. The smallest absolute Gasteiger partial charge is 0.226 e. The molecule has 118 valence electrons. The van der Waals surface area contributed by atoms with Gasteiger partial charge in [0.15, 0.2) is 0 Å². The first kappa shape index (κ1) is 16.5. The Morgan fingerprint density at radius 3 is 2.91 bits per heavy atom. The molecule has 0 saturated carbocycles. The highest BCUT2D eigenvalue weighted by Gasteiger charge is 2.17. The predicted octanol–water partition coefficient (Wildman–Crippen LogP) is 2.52. The molecule has 1 fully saturated rings. The zero-order chi connectivity index (χ0) is 14.5. The molecule has 0 aliphatic carbocycles. The maximum atomic E-state index is 11.8. The number of carbonyl (C=O) groups excluding carboxylic acids is 1. The molecule has 6 heteroatoms. The molecule has 2 aromatic rings. The van der Waals surface area contributed by atoms with Crippen LogP contribution in [-0.4, -0.2) is 23.5 Å². The van der Waals surface area contributed by atoms with Gasteiger partial charge in [0.2, 0.25) is 11.8 Å². The summed E-state index contributed by atoms with van der Waals surface area (Å²) in [4.78, 5) is 16.2. The van der Waals surface area contributed by atoms with Crippen LogP contribution in [0.25, 0.3) is 11.5 Å². The van der Waals surface area contributed by atoms with Gasteiger partial charge in [-0.05, 0) is 31.5 Å². The second-order valence-electron chi connectivity index (χ2n) is 5.28. The number of oxazole rings is 1. The predicted molar refractivity (Wildman–Crippen MR) is 86.7 cm³/mol. The van der Waals surface area contributed by atoms with Gasteiger partial charge in [-0.1, -0.05) is 18.2 Å². The van der Waals surface area contributed by atoms with Crippen molar-refractivity contribution in [2.24, 2.45) is 0 Å². The summed E-state index contributed by atoms with van der Waals surface area (Å²) in [7, 11) is 0. The first-order valence-corrected chi connectivity index (χ1v) is 7.31. The van der Waals surface area contributed by atoms with E-state index in [1.165, 1.54) is 0 Å². The van der Waals surface area contributed by atoms with Crippen LogP contribution in [0.1, 0.15) is 25.0 Å². The van der Waals surface area contributed by atoms with Crippen LogP contribution < -0.4 is 10.6 Å². The normalized spacial score (nSPS) is 17.0. The van der Waals surface area contributed by atoms with Crippen molar-refractivity contribution in [3.63, 3.8) is 0 Å². The highest BCUT2D eigenvalue weighted by molar-refractivity contribution is 5.85. The molecule has 2 N–H and O–H groups in total. The number of rotatable bonds is 5. The SMILES string of the molecule is Cl.O=C(CC1CCCN1)NCc1coc(-c2ccccc2)n1. The van der Waals surface area contributed by atoms with Crippen LogP contribution in [0.2, 0.25) is 0 Å². The number of nitrogens with zero attached hydrogens (tertiary/aromatic N) is 1. The summed E-state index contributed by atoms with van der Waals surface area (Å²) in [5, 5.41) is 6.21. The highest BCUT2D eigenvalue weighted by Crippen LogP contribution is 2.17. The summed E-state index contributed by atoms with van der Waals surface area (Å²) >= 11 is 0. The van der Waals surface area contributed by atoms with Crippen molar-refractivity contribution in [2.45, 2.75) is 31.8 Å². The lowest BCUT2D eigenvalue weighted by atomic mass is 10.1. The van der Waals surface area contributed by atoms with E-state index < -0.39 is 0 Å². The minimum Gasteiger partial charge on any atom is -0.444 e. The van der Waals surface area contributed by atoms with Crippen molar-refractivity contribution in [3.8, 4) is 11.5 Å². The number of nitrogens with one attached hydrogen (secondary N) is 2. The number of halogens is 1. The summed E-state index contributed by atoms with van der Waals surface area (Å²) < 4.78 is 5.44. The van der Waals surface area contributed by atoms with Gasteiger partial charge < -0.3 is 15.1 Å². The Balaban J connectivity index is 0.00000176. The van der Waals surface area contributed by atoms with Gasteiger partial charge in [0, 0.05) is 18.0 Å². The molecule has 1 aromatic heterocycles. The Labute approximate surface area is 135 Å². The van der Waals surface area contributed by atoms with E-state index in [9.17, 15) is 4.79 Å². The third-order valence-corrected chi connectivity index (χ3v) is 3.63. The Morgan fingerprint density at radius 2 is 2.18 bits per heavy atom. The van der Waals surface area contributed by atoms with Gasteiger partial charge in [-0.3, -0.25) is 4.79 Å². The Morgan fingerprint density at radius 1 is 1.36 bits per heavy atom. The van der Waals surface area contributed by atoms with Gasteiger partial charge in [-0.25, -0.2) is 4.98 Å². The van der Waals surface area contributed by atoms with E-state index in [1.54, 1.807) is 6.26 Å². The Hall–Kier alpha value is -1.85. The Bertz CT molecular complexity index is 594. The molecule has 1 amide bonds. The summed E-state index contributed by atoms with van der Waals surface area (Å²) in [6.45, 7) is 1.42. The summed E-state index contributed by atoms with van der Waals surface area (Å²) in [5.41, 5.74) is 1.67. The molecule has 5 nitrogen and oxygen atoms in total. The van der Waals surface area contributed by atoms with Gasteiger partial charge in [-0.15, -0.1) is 12.4 Å². The Kier molecular flexibility index (Phi) is 5.98. The first-order valence-electron chi connectivity index (χ1n) is 7.31. The topological polar surface area (TPSA) is 67.2 Å².